The molecular formula is C19H22FNO2. The fourth-order valence-electron chi connectivity index (χ4n) is 2.79. The second-order valence-corrected chi connectivity index (χ2v) is 6.94. The predicted octanol–water partition coefficient (Wildman–Crippen LogP) is 1.36. The first-order valence-electron chi connectivity index (χ1n) is 7.84. The van der Waals surface area contributed by atoms with Crippen molar-refractivity contribution >= 4 is 11.3 Å². The zero-order chi connectivity index (χ0) is 16.6. The molecule has 1 heterocycles. The van der Waals surface area contributed by atoms with Crippen LogP contribution in [0.1, 0.15) is 20.8 Å². The van der Waals surface area contributed by atoms with Crippen molar-refractivity contribution in [3.63, 3.8) is 0 Å². The van der Waals surface area contributed by atoms with Gasteiger partial charge in [-0.15, -0.1) is 0 Å². The number of hydrogen-bond donors (Lipinski definition) is 2. The Labute approximate surface area is 135 Å². The Hall–Kier alpha value is -1.91. The van der Waals surface area contributed by atoms with Crippen molar-refractivity contribution in [2.75, 3.05) is 6.54 Å². The summed E-state index contributed by atoms with van der Waals surface area (Å²) in [6.45, 7) is 6.43. The van der Waals surface area contributed by atoms with Crippen molar-refractivity contribution in [1.29, 1.82) is 0 Å². The van der Waals surface area contributed by atoms with Crippen molar-refractivity contribution < 1.29 is 14.2 Å². The molecule has 0 saturated carbocycles. The van der Waals surface area contributed by atoms with Gasteiger partial charge in [0.15, 0.2) is 0 Å². The van der Waals surface area contributed by atoms with Crippen LogP contribution < -0.4 is 15.8 Å². The number of fused-ring (bicyclic) bond motifs is 2. The van der Waals surface area contributed by atoms with E-state index in [-0.39, 0.29) is 17.5 Å². The van der Waals surface area contributed by atoms with E-state index < -0.39 is 6.10 Å². The van der Waals surface area contributed by atoms with E-state index in [0.29, 0.717) is 17.5 Å². The number of ether oxygens (including phenoxy) is 1. The van der Waals surface area contributed by atoms with Gasteiger partial charge in [-0.05, 0) is 44.2 Å². The predicted molar refractivity (Wildman–Crippen MR) is 89.4 cm³/mol. The smallest absolute Gasteiger partial charge is 0.143 e. The molecule has 0 amide bonds. The van der Waals surface area contributed by atoms with Crippen LogP contribution in [0.25, 0.3) is 11.3 Å². The minimum absolute atomic E-state index is 0.119. The van der Waals surface area contributed by atoms with E-state index in [1.807, 2.05) is 45.1 Å². The van der Waals surface area contributed by atoms with E-state index in [1.54, 1.807) is 6.07 Å². The fraction of sp³-hybridized carbons (Fsp3) is 0.368. The Balaban J connectivity index is 2.09. The lowest BCUT2D eigenvalue weighted by molar-refractivity contribution is 0.139. The lowest BCUT2D eigenvalue weighted by Crippen LogP contribution is -2.46. The number of aliphatic hydroxyl groups excluding tert-OH is 1. The first kappa shape index (κ1) is 16.0. The number of nitrogens with one attached hydrogen (secondary N) is 1. The Kier molecular flexibility index (Phi) is 4.13. The van der Waals surface area contributed by atoms with Crippen LogP contribution >= 0.6 is 0 Å². The largest absolute Gasteiger partial charge is 0.482 e. The van der Waals surface area contributed by atoms with Crippen LogP contribution in [0.15, 0.2) is 42.5 Å². The Bertz CT molecular complexity index is 787. The van der Waals surface area contributed by atoms with Gasteiger partial charge in [0.1, 0.15) is 23.8 Å². The van der Waals surface area contributed by atoms with E-state index in [0.717, 1.165) is 10.8 Å². The summed E-state index contributed by atoms with van der Waals surface area (Å²) in [5.74, 6) is 0.0835. The van der Waals surface area contributed by atoms with Gasteiger partial charge in [0, 0.05) is 22.9 Å². The molecule has 122 valence electrons. The highest BCUT2D eigenvalue weighted by Crippen LogP contribution is 2.22. The van der Waals surface area contributed by atoms with Gasteiger partial charge in [-0.1, -0.05) is 24.3 Å². The summed E-state index contributed by atoms with van der Waals surface area (Å²) in [4.78, 5) is 0. The molecule has 1 aliphatic carbocycles. The van der Waals surface area contributed by atoms with Crippen LogP contribution in [0.5, 0.6) is 0 Å². The van der Waals surface area contributed by atoms with Crippen LogP contribution in [0.4, 0.5) is 4.39 Å². The van der Waals surface area contributed by atoms with Crippen LogP contribution in [0.3, 0.4) is 0 Å². The molecule has 0 aromatic heterocycles. The number of β-amino-alcohol motifs (C(OH)–C–C–N with tert-alkyl or cyclic N) is 1. The highest BCUT2D eigenvalue weighted by Gasteiger charge is 2.26. The maximum atomic E-state index is 13.7. The summed E-state index contributed by atoms with van der Waals surface area (Å²) in [7, 11) is 0. The lowest BCUT2D eigenvalue weighted by Gasteiger charge is -2.29. The second-order valence-electron chi connectivity index (χ2n) is 6.94. The van der Waals surface area contributed by atoms with Gasteiger partial charge in [-0.2, -0.15) is 0 Å². The first-order valence-corrected chi connectivity index (χ1v) is 7.84. The van der Waals surface area contributed by atoms with Gasteiger partial charge in [0.05, 0.1) is 0 Å². The van der Waals surface area contributed by atoms with Gasteiger partial charge >= 0.3 is 0 Å². The normalized spacial score (nSPS) is 20.8. The van der Waals surface area contributed by atoms with Gasteiger partial charge in [0.2, 0.25) is 0 Å². The van der Waals surface area contributed by atoms with Crippen molar-refractivity contribution in [2.45, 2.75) is 38.5 Å². The first-order chi connectivity index (χ1) is 10.8. The van der Waals surface area contributed by atoms with Crippen LogP contribution in [0, 0.1) is 5.82 Å². The van der Waals surface area contributed by atoms with E-state index in [9.17, 15) is 9.50 Å². The summed E-state index contributed by atoms with van der Waals surface area (Å²) < 4.78 is 19.7. The molecule has 2 aliphatic rings. The molecule has 2 N–H and O–H groups in total. The standard InChI is InChI=1S/C19H22FNO2/c1-19(2,3)21-11-16(22)18-15-10-12(20)8-9-13(15)14-6-4-5-7-17(14)23-18/h4-10,16-17,21-22H,11H2,1-3H3. The zero-order valence-electron chi connectivity index (χ0n) is 13.6. The number of benzene rings is 1. The number of rotatable bonds is 3. The van der Waals surface area contributed by atoms with E-state index in [2.05, 4.69) is 5.32 Å². The SMILES string of the molecule is CC(C)(C)NCC(O)C1=c2cc(F)ccc2=C2C=CC=CC2O1. The van der Waals surface area contributed by atoms with E-state index in [1.165, 1.54) is 12.1 Å². The van der Waals surface area contributed by atoms with Crippen molar-refractivity contribution in [3.8, 4) is 0 Å². The van der Waals surface area contributed by atoms with Gasteiger partial charge in [-0.25, -0.2) is 4.39 Å². The maximum Gasteiger partial charge on any atom is 0.143 e. The number of hydrogen-bond acceptors (Lipinski definition) is 3. The molecule has 0 radical (unpaired) electrons. The van der Waals surface area contributed by atoms with Gasteiger partial charge in [0.25, 0.3) is 0 Å². The number of aliphatic hydroxyl groups is 1. The Morgan fingerprint density at radius 1 is 1.26 bits per heavy atom. The molecule has 0 bridgehead atoms. The third-order valence-electron chi connectivity index (χ3n) is 3.92. The van der Waals surface area contributed by atoms with Crippen molar-refractivity contribution in [1.82, 2.24) is 5.32 Å². The van der Waals surface area contributed by atoms with E-state index >= 15 is 0 Å². The van der Waals surface area contributed by atoms with Gasteiger partial charge < -0.3 is 15.2 Å². The molecule has 0 saturated heterocycles. The third kappa shape index (κ3) is 3.38. The molecule has 23 heavy (non-hydrogen) atoms. The molecule has 3 nitrogen and oxygen atoms in total. The topological polar surface area (TPSA) is 41.5 Å². The maximum absolute atomic E-state index is 13.7. The molecule has 4 heteroatoms. The highest BCUT2D eigenvalue weighted by molar-refractivity contribution is 5.69. The fourth-order valence-corrected chi connectivity index (χ4v) is 2.79. The van der Waals surface area contributed by atoms with Crippen LogP contribution in [-0.4, -0.2) is 29.4 Å². The average Bonchev–Trinajstić information content (AvgIpc) is 2.51. The molecule has 1 aromatic carbocycles. The third-order valence-corrected chi connectivity index (χ3v) is 3.92. The summed E-state index contributed by atoms with van der Waals surface area (Å²) >= 11 is 0. The highest BCUT2D eigenvalue weighted by atomic mass is 19.1. The number of halogens is 1. The number of allylic oxidation sites excluding steroid dienone is 2. The van der Waals surface area contributed by atoms with Crippen molar-refractivity contribution in [3.05, 3.63) is 58.8 Å². The average molecular weight is 315 g/mol. The molecule has 0 spiro atoms. The molecule has 1 aromatic rings. The molecule has 0 fully saturated rings. The second kappa shape index (κ2) is 5.95. The molecule has 1 aliphatic heterocycles. The molecule has 3 rings (SSSR count). The summed E-state index contributed by atoms with van der Waals surface area (Å²) in [5, 5.41) is 15.4. The summed E-state index contributed by atoms with van der Waals surface area (Å²) in [6, 6.07) is 4.63. The minimum Gasteiger partial charge on any atom is -0.482 e. The van der Waals surface area contributed by atoms with Crippen molar-refractivity contribution in [2.24, 2.45) is 0 Å². The molecular weight excluding hydrogens is 293 g/mol. The zero-order valence-corrected chi connectivity index (χ0v) is 13.6. The minimum atomic E-state index is -0.837. The van der Waals surface area contributed by atoms with Crippen LogP contribution in [0.2, 0.25) is 0 Å². The quantitative estimate of drug-likeness (QED) is 0.885. The summed E-state index contributed by atoms with van der Waals surface area (Å²) in [5.41, 5.74) is 0.869. The molecule has 2 unspecified atom stereocenters. The van der Waals surface area contributed by atoms with Gasteiger partial charge in [-0.3, -0.25) is 0 Å². The lowest BCUT2D eigenvalue weighted by atomic mass is 9.96. The van der Waals surface area contributed by atoms with Crippen LogP contribution in [-0.2, 0) is 4.74 Å². The Morgan fingerprint density at radius 2 is 2.04 bits per heavy atom. The Morgan fingerprint density at radius 3 is 2.78 bits per heavy atom. The monoisotopic (exact) mass is 315 g/mol. The molecule has 2 atom stereocenters. The van der Waals surface area contributed by atoms with E-state index in [4.69, 9.17) is 4.74 Å². The summed E-state index contributed by atoms with van der Waals surface area (Å²) in [6.07, 6.45) is 6.68.